The lowest BCUT2D eigenvalue weighted by molar-refractivity contribution is -0.171. The molecule has 0 aromatic heterocycles. The van der Waals surface area contributed by atoms with Crippen LogP contribution in [-0.2, 0) is 27.9 Å². The molecule has 4 aliphatic carbocycles. The molecule has 5 aliphatic rings. The van der Waals surface area contributed by atoms with Gasteiger partial charge >= 0.3 is 11.9 Å². The average Bonchev–Trinajstić information content (AvgIpc) is 3.12. The van der Waals surface area contributed by atoms with Crippen molar-refractivity contribution in [3.05, 3.63) is 24.3 Å². The Labute approximate surface area is 205 Å². The highest BCUT2D eigenvalue weighted by Crippen LogP contribution is 2.78. The van der Waals surface area contributed by atoms with E-state index in [9.17, 15) is 9.59 Å². The van der Waals surface area contributed by atoms with Gasteiger partial charge in [0.1, 0.15) is 11.7 Å². The summed E-state index contributed by atoms with van der Waals surface area (Å²) in [6, 6.07) is 0. The smallest absolute Gasteiger partial charge is 0.316 e. The molecule has 188 valence electrons. The lowest BCUT2D eigenvalue weighted by Crippen LogP contribution is -2.58. The summed E-state index contributed by atoms with van der Waals surface area (Å²) in [6.07, 6.45) is 6.73. The van der Waals surface area contributed by atoms with Gasteiger partial charge in [-0.3, -0.25) is 9.59 Å². The monoisotopic (exact) mass is 504 g/mol. The Morgan fingerprint density at radius 2 is 1.85 bits per heavy atom. The quantitative estimate of drug-likeness (QED) is 0.303. The average molecular weight is 505 g/mol. The Morgan fingerprint density at radius 1 is 1.18 bits per heavy atom. The first kappa shape index (κ1) is 24.5. The fourth-order valence-electron chi connectivity index (χ4n) is 8.52. The highest BCUT2D eigenvalue weighted by atomic mass is 28.4. The van der Waals surface area contributed by atoms with E-state index in [4.69, 9.17) is 18.3 Å². The van der Waals surface area contributed by atoms with Crippen molar-refractivity contribution in [1.29, 1.82) is 0 Å². The van der Waals surface area contributed by atoms with Gasteiger partial charge in [0.05, 0.1) is 24.0 Å². The number of hydrogen-bond donors (Lipinski definition) is 0. The van der Waals surface area contributed by atoms with Crippen molar-refractivity contribution in [2.24, 2.45) is 28.6 Å². The topological polar surface area (TPSA) is 71.1 Å². The van der Waals surface area contributed by atoms with Gasteiger partial charge in [0.25, 0.3) is 0 Å². The molecule has 0 aromatic rings. The Bertz CT molecular complexity index is 994. The summed E-state index contributed by atoms with van der Waals surface area (Å²) in [6.45, 7) is 19.6. The normalized spacial score (nSPS) is 46.8. The van der Waals surface area contributed by atoms with Gasteiger partial charge in [0, 0.05) is 11.8 Å². The molecule has 0 amide bonds. The molecule has 4 bridgehead atoms. The second kappa shape index (κ2) is 6.96. The molecule has 34 heavy (non-hydrogen) atoms. The first-order valence-corrected chi connectivity index (χ1v) is 19.4. The highest BCUT2D eigenvalue weighted by molar-refractivity contribution is 6.70. The number of rotatable bonds is 5. The summed E-state index contributed by atoms with van der Waals surface area (Å²) >= 11 is 0. The van der Waals surface area contributed by atoms with E-state index in [1.807, 2.05) is 13.0 Å². The molecule has 1 aliphatic heterocycles. The van der Waals surface area contributed by atoms with Crippen molar-refractivity contribution in [2.75, 3.05) is 7.11 Å². The van der Waals surface area contributed by atoms with Gasteiger partial charge < -0.3 is 18.3 Å². The van der Waals surface area contributed by atoms with Crippen LogP contribution in [0.4, 0.5) is 0 Å². The number of methoxy groups -OCH3 is 1. The second-order valence-electron chi connectivity index (χ2n) is 13.5. The van der Waals surface area contributed by atoms with Crippen molar-refractivity contribution in [2.45, 2.75) is 89.2 Å². The molecule has 3 unspecified atom stereocenters. The molecule has 1 heterocycles. The fraction of sp³-hybridized carbons (Fsp3) is 0.769. The van der Waals surface area contributed by atoms with Crippen molar-refractivity contribution in [1.82, 2.24) is 0 Å². The molecule has 5 rings (SSSR count). The Kier molecular flexibility index (Phi) is 5.01. The largest absolute Gasteiger partial charge is 0.469 e. The van der Waals surface area contributed by atoms with E-state index in [0.29, 0.717) is 6.42 Å². The number of ether oxygens (including phenoxy) is 2. The number of carbonyl (C=O) groups is 2. The van der Waals surface area contributed by atoms with Crippen LogP contribution in [0.1, 0.15) is 32.6 Å². The van der Waals surface area contributed by atoms with Crippen LogP contribution in [-0.4, -0.2) is 53.0 Å². The third-order valence-electron chi connectivity index (χ3n) is 9.17. The van der Waals surface area contributed by atoms with Crippen LogP contribution in [0, 0.1) is 28.6 Å². The minimum absolute atomic E-state index is 0.0104. The van der Waals surface area contributed by atoms with Crippen LogP contribution < -0.4 is 0 Å². The molecule has 0 N–H and O–H groups in total. The Hall–Kier alpha value is -1.23. The number of carbonyl (C=O) groups excluding carboxylic acids is 2. The second-order valence-corrected chi connectivity index (χ2v) is 22.4. The zero-order chi connectivity index (χ0) is 25.1. The zero-order valence-corrected chi connectivity index (χ0v) is 23.9. The molecule has 1 spiro atoms. The maximum absolute atomic E-state index is 13.7. The lowest BCUT2D eigenvalue weighted by Gasteiger charge is -2.50. The molecule has 8 heteroatoms. The van der Waals surface area contributed by atoms with E-state index in [1.54, 1.807) is 0 Å². The third kappa shape index (κ3) is 2.97. The van der Waals surface area contributed by atoms with E-state index in [0.717, 1.165) is 24.8 Å². The molecular weight excluding hydrogens is 464 g/mol. The van der Waals surface area contributed by atoms with Gasteiger partial charge in [-0.1, -0.05) is 18.7 Å². The van der Waals surface area contributed by atoms with Crippen LogP contribution in [0.5, 0.6) is 0 Å². The van der Waals surface area contributed by atoms with Gasteiger partial charge in [0.2, 0.25) is 0 Å². The van der Waals surface area contributed by atoms with E-state index in [1.165, 1.54) is 7.11 Å². The Morgan fingerprint density at radius 3 is 2.44 bits per heavy atom. The molecule has 4 fully saturated rings. The van der Waals surface area contributed by atoms with Gasteiger partial charge in [-0.15, -0.1) is 0 Å². The number of esters is 2. The predicted octanol–water partition coefficient (Wildman–Crippen LogP) is 4.83. The summed E-state index contributed by atoms with van der Waals surface area (Å²) < 4.78 is 25.5. The van der Waals surface area contributed by atoms with Crippen molar-refractivity contribution in [3.63, 3.8) is 0 Å². The van der Waals surface area contributed by atoms with Crippen molar-refractivity contribution in [3.8, 4) is 0 Å². The molecule has 1 saturated heterocycles. The van der Waals surface area contributed by atoms with Gasteiger partial charge in [-0.05, 0) is 82.9 Å². The lowest BCUT2D eigenvalue weighted by atomic mass is 9.62. The third-order valence-corrected chi connectivity index (χ3v) is 11.1. The number of hydrogen-bond acceptors (Lipinski definition) is 6. The zero-order valence-electron chi connectivity index (χ0n) is 21.9. The minimum atomic E-state index is -1.99. The van der Waals surface area contributed by atoms with Crippen LogP contribution in [0.25, 0.3) is 0 Å². The standard InChI is InChI=1S/C26H40O6Si2/c1-16-14-24-15-25(16,32-34(7,8)9)13-10-17(24)26-18(31-33(4,5)6)11-12-23(2,22(28)30-26)20(26)19(24)21(27)29-3/h11-12,17-20H,1,10,13-15H2,2-9H3/t17?,18-,19+,20?,23?,24-,25-,26-/m0/s1. The van der Waals surface area contributed by atoms with Gasteiger partial charge in [-0.25, -0.2) is 0 Å². The minimum Gasteiger partial charge on any atom is -0.469 e. The Balaban J connectivity index is 1.71. The summed E-state index contributed by atoms with van der Waals surface area (Å²) in [5, 5.41) is 0. The summed E-state index contributed by atoms with van der Waals surface area (Å²) in [5.41, 5.74) is -1.48. The first-order chi connectivity index (χ1) is 15.5. The fourth-order valence-corrected chi connectivity index (χ4v) is 11.0. The van der Waals surface area contributed by atoms with Crippen LogP contribution in [0.3, 0.4) is 0 Å². The van der Waals surface area contributed by atoms with Crippen LogP contribution in [0.2, 0.25) is 39.3 Å². The molecule has 3 saturated carbocycles. The number of fused-ring (bicyclic) bond motifs is 1. The molecule has 0 aromatic carbocycles. The van der Waals surface area contributed by atoms with E-state index in [2.05, 4.69) is 51.9 Å². The maximum Gasteiger partial charge on any atom is 0.316 e. The van der Waals surface area contributed by atoms with E-state index >= 15 is 0 Å². The van der Waals surface area contributed by atoms with Crippen molar-refractivity contribution < 1.29 is 27.9 Å². The first-order valence-electron chi connectivity index (χ1n) is 12.6. The SMILES string of the molecule is C=C1C[C@]23C[C@@]1(O[Si](C)(C)C)CCC2[C@]12OC(=O)C(C)(C=C[C@@H]1O[Si](C)(C)C)C2[C@@H]3C(=O)OC. The molecular formula is C26H40O6Si2. The highest BCUT2D eigenvalue weighted by Gasteiger charge is 2.85. The van der Waals surface area contributed by atoms with E-state index < -0.39 is 44.6 Å². The molecule has 6 nitrogen and oxygen atoms in total. The van der Waals surface area contributed by atoms with Crippen molar-refractivity contribution >= 4 is 28.6 Å². The summed E-state index contributed by atoms with van der Waals surface area (Å²) in [7, 11) is -2.41. The van der Waals surface area contributed by atoms with Crippen LogP contribution >= 0.6 is 0 Å². The molecule has 0 radical (unpaired) electrons. The predicted molar refractivity (Wildman–Crippen MR) is 134 cm³/mol. The van der Waals surface area contributed by atoms with E-state index in [-0.39, 0.29) is 29.9 Å². The van der Waals surface area contributed by atoms with Gasteiger partial charge in [0.15, 0.2) is 16.6 Å². The maximum atomic E-state index is 13.7. The molecule has 8 atom stereocenters. The summed E-state index contributed by atoms with van der Waals surface area (Å²) in [4.78, 5) is 27.1. The summed E-state index contributed by atoms with van der Waals surface area (Å²) in [5.74, 6) is -1.30. The van der Waals surface area contributed by atoms with Crippen LogP contribution in [0.15, 0.2) is 24.3 Å². The van der Waals surface area contributed by atoms with Gasteiger partial charge in [-0.2, -0.15) is 0 Å².